The molecule has 1 aromatic heterocycles. The highest BCUT2D eigenvalue weighted by Crippen LogP contribution is 2.02. The number of nitrogens with zero attached hydrogens (tertiary/aromatic N) is 3. The molecule has 0 radical (unpaired) electrons. The van der Waals surface area contributed by atoms with E-state index in [1.165, 1.54) is 0 Å². The second kappa shape index (κ2) is 3.48. The van der Waals surface area contributed by atoms with E-state index in [1.807, 2.05) is 0 Å². The van der Waals surface area contributed by atoms with Crippen LogP contribution in [0.15, 0.2) is 0 Å². The minimum atomic E-state index is -0.469. The molecule has 70 valence electrons. The molecule has 1 fully saturated rings. The lowest BCUT2D eigenvalue weighted by Gasteiger charge is -2.21. The van der Waals surface area contributed by atoms with Crippen LogP contribution in [0.1, 0.15) is 5.82 Å². The van der Waals surface area contributed by atoms with Crippen molar-refractivity contribution in [1.82, 2.24) is 25.9 Å². The van der Waals surface area contributed by atoms with Crippen LogP contribution in [0.2, 0.25) is 0 Å². The fourth-order valence-corrected chi connectivity index (χ4v) is 1.16. The third kappa shape index (κ3) is 1.81. The van der Waals surface area contributed by atoms with Gasteiger partial charge in [0, 0.05) is 13.0 Å². The van der Waals surface area contributed by atoms with Crippen LogP contribution in [-0.4, -0.2) is 45.8 Å². The van der Waals surface area contributed by atoms with E-state index in [4.69, 9.17) is 4.74 Å². The molecule has 1 saturated heterocycles. The number of morpholine rings is 1. The van der Waals surface area contributed by atoms with Gasteiger partial charge >= 0.3 is 0 Å². The van der Waals surface area contributed by atoms with E-state index < -0.39 is 6.10 Å². The highest BCUT2D eigenvalue weighted by atomic mass is 16.5. The van der Waals surface area contributed by atoms with E-state index in [9.17, 15) is 4.79 Å². The summed E-state index contributed by atoms with van der Waals surface area (Å²) in [6.45, 7) is 1.11. The maximum atomic E-state index is 11.2. The number of rotatable bonds is 2. The maximum Gasteiger partial charge on any atom is 0.249 e. The summed E-state index contributed by atoms with van der Waals surface area (Å²) in [6.07, 6.45) is -0.0813. The zero-order valence-electron chi connectivity index (χ0n) is 6.86. The fraction of sp³-hybridized carbons (Fsp3) is 0.667. The molecule has 0 saturated carbocycles. The monoisotopic (exact) mass is 183 g/mol. The average molecular weight is 183 g/mol. The first kappa shape index (κ1) is 8.11. The molecule has 1 aromatic rings. The van der Waals surface area contributed by atoms with Crippen LogP contribution in [0.4, 0.5) is 0 Å². The average Bonchev–Trinajstić information content (AvgIpc) is 2.61. The lowest BCUT2D eigenvalue weighted by atomic mass is 10.2. The molecule has 13 heavy (non-hydrogen) atoms. The number of amides is 1. The van der Waals surface area contributed by atoms with Gasteiger partial charge in [0.25, 0.3) is 0 Å². The molecule has 1 amide bonds. The first-order valence-corrected chi connectivity index (χ1v) is 3.98. The summed E-state index contributed by atoms with van der Waals surface area (Å²) >= 11 is 0. The molecule has 7 heteroatoms. The van der Waals surface area contributed by atoms with Crippen molar-refractivity contribution in [3.63, 3.8) is 0 Å². The summed E-state index contributed by atoms with van der Waals surface area (Å²) in [7, 11) is 0. The third-order valence-corrected chi connectivity index (χ3v) is 1.78. The Balaban J connectivity index is 1.97. The Bertz CT molecular complexity index is 285. The third-order valence-electron chi connectivity index (χ3n) is 1.78. The molecule has 2 heterocycles. The van der Waals surface area contributed by atoms with Crippen molar-refractivity contribution in [3.05, 3.63) is 5.82 Å². The van der Waals surface area contributed by atoms with E-state index in [0.29, 0.717) is 25.4 Å². The van der Waals surface area contributed by atoms with Gasteiger partial charge in [-0.2, -0.15) is 0 Å². The topological polar surface area (TPSA) is 92.8 Å². The van der Waals surface area contributed by atoms with Crippen molar-refractivity contribution in [2.75, 3.05) is 13.2 Å². The minimum absolute atomic E-state index is 0.109. The van der Waals surface area contributed by atoms with E-state index in [0.717, 1.165) is 0 Å². The highest BCUT2D eigenvalue weighted by molar-refractivity contribution is 5.81. The van der Waals surface area contributed by atoms with Gasteiger partial charge in [-0.25, -0.2) is 5.10 Å². The summed E-state index contributed by atoms with van der Waals surface area (Å²) < 4.78 is 5.24. The molecule has 1 atom stereocenters. The number of aromatic amines is 1. The standard InChI is InChI=1S/C6H9N5O2/c12-6-4(13-2-1-7-6)3-5-8-10-11-9-5/h4H,1-3H2,(H,7,12)(H,8,9,10,11). The number of tetrazole rings is 1. The van der Waals surface area contributed by atoms with Gasteiger partial charge in [-0.1, -0.05) is 0 Å². The van der Waals surface area contributed by atoms with Crippen molar-refractivity contribution in [1.29, 1.82) is 0 Å². The molecule has 1 aliphatic heterocycles. The second-order valence-electron chi connectivity index (χ2n) is 2.70. The van der Waals surface area contributed by atoms with Gasteiger partial charge in [-0.15, -0.1) is 5.10 Å². The quantitative estimate of drug-likeness (QED) is 0.567. The second-order valence-corrected chi connectivity index (χ2v) is 2.70. The van der Waals surface area contributed by atoms with Crippen molar-refractivity contribution in [3.8, 4) is 0 Å². The maximum absolute atomic E-state index is 11.2. The van der Waals surface area contributed by atoms with E-state index >= 15 is 0 Å². The van der Waals surface area contributed by atoms with E-state index in [1.54, 1.807) is 0 Å². The predicted molar refractivity (Wildman–Crippen MR) is 40.6 cm³/mol. The van der Waals surface area contributed by atoms with Gasteiger partial charge in [0.05, 0.1) is 6.61 Å². The zero-order valence-corrected chi connectivity index (χ0v) is 6.86. The minimum Gasteiger partial charge on any atom is -0.366 e. The van der Waals surface area contributed by atoms with E-state index in [-0.39, 0.29) is 5.91 Å². The lowest BCUT2D eigenvalue weighted by Crippen LogP contribution is -2.45. The predicted octanol–water partition coefficient (Wildman–Crippen LogP) is -1.74. The van der Waals surface area contributed by atoms with Crippen LogP contribution < -0.4 is 5.32 Å². The normalized spacial score (nSPS) is 22.8. The van der Waals surface area contributed by atoms with Crippen LogP contribution in [0.3, 0.4) is 0 Å². The van der Waals surface area contributed by atoms with Crippen LogP contribution in [0.5, 0.6) is 0 Å². The lowest BCUT2D eigenvalue weighted by molar-refractivity contribution is -0.137. The number of carbonyl (C=O) groups is 1. The van der Waals surface area contributed by atoms with Gasteiger partial charge in [0.2, 0.25) is 5.91 Å². The molecule has 0 spiro atoms. The van der Waals surface area contributed by atoms with Gasteiger partial charge in [0.1, 0.15) is 6.10 Å². The van der Waals surface area contributed by atoms with Crippen LogP contribution in [0.25, 0.3) is 0 Å². The molecular formula is C6H9N5O2. The van der Waals surface area contributed by atoms with Crippen molar-refractivity contribution in [2.45, 2.75) is 12.5 Å². The number of aromatic nitrogens is 4. The SMILES string of the molecule is O=C1NCCOC1Cc1nnn[nH]1. The number of H-pyrrole nitrogens is 1. The summed E-state index contributed by atoms with van der Waals surface area (Å²) in [6, 6.07) is 0. The number of ether oxygens (including phenoxy) is 1. The Morgan fingerprint density at radius 2 is 2.54 bits per heavy atom. The molecule has 2 rings (SSSR count). The van der Waals surface area contributed by atoms with Gasteiger partial charge in [-0.3, -0.25) is 4.79 Å². The molecule has 1 unspecified atom stereocenters. The molecule has 7 nitrogen and oxygen atoms in total. The highest BCUT2D eigenvalue weighted by Gasteiger charge is 2.24. The molecular weight excluding hydrogens is 174 g/mol. The zero-order chi connectivity index (χ0) is 9.10. The van der Waals surface area contributed by atoms with E-state index in [2.05, 4.69) is 25.9 Å². The largest absolute Gasteiger partial charge is 0.366 e. The number of nitrogens with one attached hydrogen (secondary N) is 2. The van der Waals surface area contributed by atoms with Crippen LogP contribution in [0, 0.1) is 0 Å². The Labute approximate surface area is 73.8 Å². The molecule has 0 aliphatic carbocycles. The summed E-state index contributed by atoms with van der Waals surface area (Å²) in [4.78, 5) is 11.2. The summed E-state index contributed by atoms with van der Waals surface area (Å²) in [5.74, 6) is 0.449. The van der Waals surface area contributed by atoms with Crippen molar-refractivity contribution < 1.29 is 9.53 Å². The summed E-state index contributed by atoms with van der Waals surface area (Å²) in [5, 5.41) is 15.7. The van der Waals surface area contributed by atoms with Crippen molar-refractivity contribution >= 4 is 5.91 Å². The first-order valence-electron chi connectivity index (χ1n) is 3.98. The molecule has 0 bridgehead atoms. The van der Waals surface area contributed by atoms with Gasteiger partial charge < -0.3 is 10.1 Å². The first-order chi connectivity index (χ1) is 6.36. The van der Waals surface area contributed by atoms with Crippen LogP contribution in [-0.2, 0) is 16.0 Å². The Kier molecular flexibility index (Phi) is 2.17. The molecule has 1 aliphatic rings. The number of carbonyl (C=O) groups excluding carboxylic acids is 1. The Hall–Kier alpha value is -1.50. The van der Waals surface area contributed by atoms with Crippen LogP contribution >= 0.6 is 0 Å². The van der Waals surface area contributed by atoms with Gasteiger partial charge in [0.15, 0.2) is 5.82 Å². The van der Waals surface area contributed by atoms with Gasteiger partial charge in [-0.05, 0) is 10.4 Å². The number of hydrogen-bond donors (Lipinski definition) is 2. The van der Waals surface area contributed by atoms with Crippen molar-refractivity contribution in [2.24, 2.45) is 0 Å². The number of hydrogen-bond acceptors (Lipinski definition) is 5. The molecule has 2 N–H and O–H groups in total. The fourth-order valence-electron chi connectivity index (χ4n) is 1.16. The Morgan fingerprint density at radius 3 is 3.23 bits per heavy atom. The molecule has 0 aromatic carbocycles. The smallest absolute Gasteiger partial charge is 0.249 e. The summed E-state index contributed by atoms with van der Waals surface area (Å²) in [5.41, 5.74) is 0. The Morgan fingerprint density at radius 1 is 1.62 bits per heavy atom.